The van der Waals surface area contributed by atoms with Crippen LogP contribution in [0.3, 0.4) is 0 Å². The van der Waals surface area contributed by atoms with Crippen molar-refractivity contribution in [2.45, 2.75) is 47.0 Å². The number of thioether (sulfide) groups is 1. The topological polar surface area (TPSA) is 95.3 Å². The molecular weight excluding hydrogens is 526 g/mol. The number of unbranched alkanes of at least 4 members (excludes halogenated alkanes) is 1. The van der Waals surface area contributed by atoms with Crippen LogP contribution in [0.2, 0.25) is 0 Å². The number of benzene rings is 3. The number of nitrogens with zero attached hydrogens (tertiary/aromatic N) is 2. The zero-order valence-electron chi connectivity index (χ0n) is 25.9. The predicted octanol–water partition coefficient (Wildman–Crippen LogP) is 6.89. The van der Waals surface area contributed by atoms with E-state index in [4.69, 9.17) is 15.6 Å². The normalized spacial score (nSPS) is 10.4. The van der Waals surface area contributed by atoms with E-state index in [1.54, 1.807) is 0 Å². The minimum atomic E-state index is 0.316. The number of hydrogen-bond donors (Lipinski definition) is 3. The Morgan fingerprint density at radius 2 is 1.59 bits per heavy atom. The van der Waals surface area contributed by atoms with Crippen molar-refractivity contribution in [1.82, 2.24) is 4.58 Å². The maximum atomic E-state index is 6.90. The number of hydrogen-bond acceptors (Lipinski definition) is 5. The molecular formula is C34H50N5OS+. The molecule has 41 heavy (non-hydrogen) atoms. The Morgan fingerprint density at radius 1 is 0.902 bits per heavy atom. The maximum Gasteiger partial charge on any atom is 0.203 e. The average Bonchev–Trinajstić information content (AvgIpc) is 3.01. The van der Waals surface area contributed by atoms with E-state index in [0.717, 1.165) is 61.3 Å². The minimum Gasteiger partial charge on any atom is -0.456 e. The van der Waals surface area contributed by atoms with Gasteiger partial charge in [0.05, 0.1) is 11.9 Å². The van der Waals surface area contributed by atoms with Crippen molar-refractivity contribution in [2.75, 3.05) is 50.1 Å². The smallest absolute Gasteiger partial charge is 0.203 e. The first-order valence-corrected chi connectivity index (χ1v) is 16.1. The molecule has 0 unspecified atom stereocenters. The molecule has 0 aromatic heterocycles. The van der Waals surface area contributed by atoms with Crippen LogP contribution in [0.4, 0.5) is 5.69 Å². The van der Waals surface area contributed by atoms with Gasteiger partial charge in [-0.25, -0.2) is 4.58 Å². The first-order valence-electron chi connectivity index (χ1n) is 14.8. The predicted molar refractivity (Wildman–Crippen MR) is 182 cm³/mol. The first-order chi connectivity index (χ1) is 20.0. The van der Waals surface area contributed by atoms with Crippen molar-refractivity contribution in [3.63, 3.8) is 0 Å². The Labute approximate surface area is 251 Å². The molecule has 0 radical (unpaired) electrons. The lowest BCUT2D eigenvalue weighted by atomic mass is 9.93. The lowest BCUT2D eigenvalue weighted by Crippen LogP contribution is -2.29. The van der Waals surface area contributed by atoms with Crippen LogP contribution >= 0.6 is 11.8 Å². The summed E-state index contributed by atoms with van der Waals surface area (Å²) in [5, 5.41) is 9.26. The second kappa shape index (κ2) is 18.2. The van der Waals surface area contributed by atoms with Crippen LogP contribution in [0.25, 0.3) is 33.4 Å². The highest BCUT2D eigenvalue weighted by atomic mass is 32.2. The third-order valence-corrected chi connectivity index (χ3v) is 7.75. The van der Waals surface area contributed by atoms with E-state index in [0.29, 0.717) is 5.84 Å². The molecule has 6 nitrogen and oxygen atoms in total. The van der Waals surface area contributed by atoms with Crippen molar-refractivity contribution in [3.8, 4) is 22.5 Å². The highest BCUT2D eigenvalue weighted by Crippen LogP contribution is 2.40. The summed E-state index contributed by atoms with van der Waals surface area (Å²) in [6.45, 7) is 12.7. The van der Waals surface area contributed by atoms with E-state index in [1.807, 2.05) is 11.8 Å². The number of nitrogens with one attached hydrogen (secondary N) is 1. The Bertz CT molecular complexity index is 1370. The molecule has 0 saturated heterocycles. The van der Waals surface area contributed by atoms with Crippen molar-refractivity contribution in [2.24, 2.45) is 11.5 Å². The molecule has 2 aromatic carbocycles. The summed E-state index contributed by atoms with van der Waals surface area (Å²) < 4.78 is 8.87. The molecule has 0 atom stereocenters. The van der Waals surface area contributed by atoms with E-state index in [9.17, 15) is 0 Å². The van der Waals surface area contributed by atoms with E-state index in [1.165, 1.54) is 41.4 Å². The van der Waals surface area contributed by atoms with Crippen molar-refractivity contribution < 1.29 is 4.42 Å². The number of amidine groups is 1. The lowest BCUT2D eigenvalue weighted by Gasteiger charge is -2.22. The van der Waals surface area contributed by atoms with Gasteiger partial charge in [0.1, 0.15) is 24.4 Å². The van der Waals surface area contributed by atoms with E-state index in [-0.39, 0.29) is 0 Å². The van der Waals surface area contributed by atoms with Gasteiger partial charge in [-0.2, -0.15) is 11.8 Å². The zero-order valence-corrected chi connectivity index (χ0v) is 26.7. The number of fused-ring (bicyclic) bond motifs is 2. The number of nitrogens with two attached hydrogens (primary N) is 2. The van der Waals surface area contributed by atoms with Gasteiger partial charge in [0, 0.05) is 53.8 Å². The fourth-order valence-corrected chi connectivity index (χ4v) is 5.41. The lowest BCUT2D eigenvalue weighted by molar-refractivity contribution is 0.604. The highest BCUT2D eigenvalue weighted by Gasteiger charge is 2.19. The van der Waals surface area contributed by atoms with Crippen LogP contribution in [-0.2, 0) is 0 Å². The molecule has 1 aliphatic heterocycles. The third-order valence-electron chi connectivity index (χ3n) is 7.05. The Kier molecular flexibility index (Phi) is 15.1. The Hall–Kier alpha value is -3.29. The summed E-state index contributed by atoms with van der Waals surface area (Å²) in [5.41, 5.74) is 15.4. The molecule has 0 spiro atoms. The molecule has 5 N–H and O–H groups in total. The van der Waals surface area contributed by atoms with Gasteiger partial charge in [-0.05, 0) is 83.4 Å². The summed E-state index contributed by atoms with van der Waals surface area (Å²) >= 11 is 1.84. The zero-order chi connectivity index (χ0) is 30.2. The van der Waals surface area contributed by atoms with Crippen LogP contribution in [0.5, 0.6) is 0 Å². The molecule has 7 heteroatoms. The third kappa shape index (κ3) is 9.37. The number of rotatable bonds is 11. The largest absolute Gasteiger partial charge is 0.456 e. The molecule has 4 rings (SSSR count). The monoisotopic (exact) mass is 576 g/mol. The fourth-order valence-electron chi connectivity index (χ4n) is 4.92. The summed E-state index contributed by atoms with van der Waals surface area (Å²) in [6, 6.07) is 23.9. The summed E-state index contributed by atoms with van der Waals surface area (Å²) in [5.74, 6) is 2.44. The molecule has 1 aliphatic carbocycles. The highest BCUT2D eigenvalue weighted by molar-refractivity contribution is 7.98. The van der Waals surface area contributed by atoms with E-state index in [2.05, 4.69) is 116 Å². The summed E-state index contributed by atoms with van der Waals surface area (Å²) in [4.78, 5) is 2.35. The van der Waals surface area contributed by atoms with Crippen molar-refractivity contribution in [1.29, 1.82) is 5.41 Å². The average molecular weight is 577 g/mol. The van der Waals surface area contributed by atoms with Gasteiger partial charge in [0.2, 0.25) is 5.36 Å². The minimum absolute atomic E-state index is 0.316. The van der Waals surface area contributed by atoms with Crippen molar-refractivity contribution >= 4 is 34.3 Å². The Balaban J connectivity index is 0.000000459. The van der Waals surface area contributed by atoms with Gasteiger partial charge in [-0.3, -0.25) is 5.41 Å². The molecule has 0 amide bonds. The van der Waals surface area contributed by atoms with E-state index >= 15 is 0 Å². The maximum absolute atomic E-state index is 6.90. The standard InChI is InChI=1S/C27H31N2O.C6H14N2S.CH5N/c1-5-28(6-2)21-14-16-23-25(18-21)30-26-19-22(29(7-3)8-4)15-17-24(26)27(23)20-12-10-9-11-13-20;1-9-5-3-2-4-6(7)8;1-2/h9-19H,5-8H2,1-4H3;2-5H2,1H3,(H3,7,8);2H2,1H3/q+1;;. The molecule has 1 heterocycles. The van der Waals surface area contributed by atoms with Crippen LogP contribution in [0.15, 0.2) is 71.1 Å². The van der Waals surface area contributed by atoms with Gasteiger partial charge in [0.25, 0.3) is 0 Å². The van der Waals surface area contributed by atoms with Crippen LogP contribution in [0, 0.1) is 5.41 Å². The van der Waals surface area contributed by atoms with Crippen LogP contribution < -0.4 is 26.3 Å². The van der Waals surface area contributed by atoms with Gasteiger partial charge in [0.15, 0.2) is 0 Å². The molecule has 0 fully saturated rings. The number of anilines is 1. The van der Waals surface area contributed by atoms with E-state index < -0.39 is 0 Å². The second-order valence-electron chi connectivity index (χ2n) is 9.52. The van der Waals surface area contributed by atoms with Crippen LogP contribution in [-0.4, -0.2) is 51.1 Å². The first kappa shape index (κ1) is 33.9. The summed E-state index contributed by atoms with van der Waals surface area (Å²) in [7, 11) is 1.50. The molecule has 2 aliphatic rings. The van der Waals surface area contributed by atoms with Gasteiger partial charge in [-0.15, -0.1) is 0 Å². The fraction of sp³-hybridized carbons (Fsp3) is 0.412. The molecule has 2 aromatic rings. The van der Waals surface area contributed by atoms with Gasteiger partial charge >= 0.3 is 0 Å². The Morgan fingerprint density at radius 3 is 2.17 bits per heavy atom. The molecule has 0 bridgehead atoms. The van der Waals surface area contributed by atoms with Gasteiger partial charge < -0.3 is 20.8 Å². The van der Waals surface area contributed by atoms with Crippen LogP contribution in [0.1, 0.15) is 47.0 Å². The van der Waals surface area contributed by atoms with Crippen molar-refractivity contribution in [3.05, 3.63) is 72.1 Å². The van der Waals surface area contributed by atoms with Gasteiger partial charge in [-0.1, -0.05) is 30.3 Å². The molecule has 0 saturated carbocycles. The quantitative estimate of drug-likeness (QED) is 0.0594. The molecule has 222 valence electrons. The summed E-state index contributed by atoms with van der Waals surface area (Å²) in [6.07, 6.45) is 5.10. The SMILES string of the molecule is CCN(CC)c1ccc2c(-c3ccccc3)c3ccc(=[N+](CC)CC)cc-3oc2c1.CN.CSCCCCC(=N)N. The second-order valence-corrected chi connectivity index (χ2v) is 10.5.